The fourth-order valence-corrected chi connectivity index (χ4v) is 1.80. The molecule has 2 rings (SSSR count). The van der Waals surface area contributed by atoms with Crippen LogP contribution in [0.5, 0.6) is 0 Å². The third kappa shape index (κ3) is 2.37. The number of nitrogens with zero attached hydrogens (tertiary/aromatic N) is 2. The van der Waals surface area contributed by atoms with Crippen LogP contribution in [-0.2, 0) is 0 Å². The molecule has 0 N–H and O–H groups in total. The van der Waals surface area contributed by atoms with Gasteiger partial charge in [-0.25, -0.2) is 9.37 Å². The maximum atomic E-state index is 12.9. The number of hydrogen-bond acceptors (Lipinski definition) is 3. The van der Waals surface area contributed by atoms with Gasteiger partial charge in [0.15, 0.2) is 6.29 Å². The average molecular weight is 244 g/mol. The first kappa shape index (κ1) is 12.2. The quantitative estimate of drug-likeness (QED) is 0.774. The molecule has 0 aliphatic carbocycles. The summed E-state index contributed by atoms with van der Waals surface area (Å²) in [5.74, 6) is 0.299. The zero-order chi connectivity index (χ0) is 13.0. The van der Waals surface area contributed by atoms with Gasteiger partial charge >= 0.3 is 0 Å². The molecule has 92 valence electrons. The molecule has 1 aromatic heterocycles. The van der Waals surface area contributed by atoms with Gasteiger partial charge in [0.05, 0.1) is 5.56 Å². The van der Waals surface area contributed by atoms with Crippen LogP contribution in [0.15, 0.2) is 42.6 Å². The van der Waals surface area contributed by atoms with Crippen molar-refractivity contribution >= 4 is 17.8 Å². The van der Waals surface area contributed by atoms with Crippen LogP contribution in [0.3, 0.4) is 0 Å². The summed E-state index contributed by atoms with van der Waals surface area (Å²) in [5.41, 5.74) is 1.32. The largest absolute Gasteiger partial charge is 0.326 e. The molecule has 0 fully saturated rings. The first-order chi connectivity index (χ1) is 8.76. The molecule has 0 radical (unpaired) electrons. The summed E-state index contributed by atoms with van der Waals surface area (Å²) in [4.78, 5) is 17.1. The van der Waals surface area contributed by atoms with E-state index < -0.39 is 0 Å². The lowest BCUT2D eigenvalue weighted by Gasteiger charge is -2.23. The van der Waals surface area contributed by atoms with Gasteiger partial charge in [0.25, 0.3) is 0 Å². The maximum absolute atomic E-state index is 12.9. The Labute approximate surface area is 105 Å². The Kier molecular flexibility index (Phi) is 3.67. The van der Waals surface area contributed by atoms with E-state index in [2.05, 4.69) is 4.98 Å². The fraction of sp³-hybridized carbons (Fsp3) is 0.143. The number of rotatable bonds is 4. The van der Waals surface area contributed by atoms with Gasteiger partial charge in [-0.15, -0.1) is 0 Å². The van der Waals surface area contributed by atoms with Crippen molar-refractivity contribution < 1.29 is 9.18 Å². The summed E-state index contributed by atoms with van der Waals surface area (Å²) < 4.78 is 12.9. The Balaban J connectivity index is 2.45. The Morgan fingerprint density at radius 3 is 2.61 bits per heavy atom. The zero-order valence-corrected chi connectivity index (χ0v) is 10.0. The second-order valence-corrected chi connectivity index (χ2v) is 3.75. The Morgan fingerprint density at radius 2 is 2.00 bits per heavy atom. The van der Waals surface area contributed by atoms with Crippen molar-refractivity contribution in [2.75, 3.05) is 11.4 Å². The SMILES string of the molecule is CCN(c1ccc(F)cc1)c1ncccc1C=O. The van der Waals surface area contributed by atoms with Gasteiger partial charge in [-0.1, -0.05) is 0 Å². The molecule has 0 saturated carbocycles. The van der Waals surface area contributed by atoms with E-state index in [9.17, 15) is 9.18 Å². The first-order valence-electron chi connectivity index (χ1n) is 5.69. The van der Waals surface area contributed by atoms with Crippen molar-refractivity contribution in [1.82, 2.24) is 4.98 Å². The van der Waals surface area contributed by atoms with Crippen LogP contribution in [0.2, 0.25) is 0 Å². The third-order valence-electron chi connectivity index (χ3n) is 2.65. The van der Waals surface area contributed by atoms with E-state index in [-0.39, 0.29) is 5.82 Å². The van der Waals surface area contributed by atoms with Gasteiger partial charge < -0.3 is 4.90 Å². The number of carbonyl (C=O) groups excluding carboxylic acids is 1. The summed E-state index contributed by atoms with van der Waals surface area (Å²) in [6, 6.07) is 9.54. The number of halogens is 1. The number of benzene rings is 1. The van der Waals surface area contributed by atoms with E-state index in [0.29, 0.717) is 17.9 Å². The molecular formula is C14H13FN2O. The summed E-state index contributed by atoms with van der Waals surface area (Å²) >= 11 is 0. The van der Waals surface area contributed by atoms with Crippen LogP contribution >= 0.6 is 0 Å². The predicted octanol–water partition coefficient (Wildman–Crippen LogP) is 3.19. The second-order valence-electron chi connectivity index (χ2n) is 3.75. The lowest BCUT2D eigenvalue weighted by molar-refractivity contribution is 0.112. The van der Waals surface area contributed by atoms with Gasteiger partial charge in [0, 0.05) is 18.4 Å². The van der Waals surface area contributed by atoms with Gasteiger partial charge in [-0.2, -0.15) is 0 Å². The Hall–Kier alpha value is -2.23. The van der Waals surface area contributed by atoms with Crippen LogP contribution in [0.1, 0.15) is 17.3 Å². The molecular weight excluding hydrogens is 231 g/mol. The number of anilines is 2. The van der Waals surface area contributed by atoms with E-state index in [0.717, 1.165) is 12.0 Å². The van der Waals surface area contributed by atoms with Crippen molar-refractivity contribution in [2.24, 2.45) is 0 Å². The summed E-state index contributed by atoms with van der Waals surface area (Å²) in [6.07, 6.45) is 2.41. The number of hydrogen-bond donors (Lipinski definition) is 0. The highest BCUT2D eigenvalue weighted by Crippen LogP contribution is 2.25. The van der Waals surface area contributed by atoms with E-state index in [1.54, 1.807) is 30.5 Å². The van der Waals surface area contributed by atoms with E-state index >= 15 is 0 Å². The molecule has 0 spiro atoms. The number of carbonyl (C=O) groups is 1. The minimum Gasteiger partial charge on any atom is -0.326 e. The minimum atomic E-state index is -0.286. The van der Waals surface area contributed by atoms with Crippen LogP contribution in [0.4, 0.5) is 15.9 Å². The third-order valence-corrected chi connectivity index (χ3v) is 2.65. The van der Waals surface area contributed by atoms with Crippen LogP contribution < -0.4 is 4.90 Å². The highest BCUT2D eigenvalue weighted by molar-refractivity contribution is 5.84. The van der Waals surface area contributed by atoms with Gasteiger partial charge in [-0.3, -0.25) is 4.79 Å². The molecule has 0 bridgehead atoms. The van der Waals surface area contributed by atoms with Crippen molar-refractivity contribution in [2.45, 2.75) is 6.92 Å². The van der Waals surface area contributed by atoms with Gasteiger partial charge in [-0.05, 0) is 43.3 Å². The summed E-state index contributed by atoms with van der Waals surface area (Å²) in [6.45, 7) is 2.59. The molecule has 18 heavy (non-hydrogen) atoms. The molecule has 0 amide bonds. The molecule has 1 aromatic carbocycles. The normalized spacial score (nSPS) is 10.1. The lowest BCUT2D eigenvalue weighted by atomic mass is 10.2. The van der Waals surface area contributed by atoms with E-state index in [1.807, 2.05) is 11.8 Å². The monoisotopic (exact) mass is 244 g/mol. The first-order valence-corrected chi connectivity index (χ1v) is 5.69. The molecule has 0 atom stereocenters. The molecule has 0 unspecified atom stereocenters. The maximum Gasteiger partial charge on any atom is 0.153 e. The molecule has 0 saturated heterocycles. The van der Waals surface area contributed by atoms with Crippen molar-refractivity contribution in [3.63, 3.8) is 0 Å². The van der Waals surface area contributed by atoms with Gasteiger partial charge in [0.2, 0.25) is 0 Å². The topological polar surface area (TPSA) is 33.2 Å². The highest BCUT2D eigenvalue weighted by atomic mass is 19.1. The lowest BCUT2D eigenvalue weighted by Crippen LogP contribution is -2.18. The van der Waals surface area contributed by atoms with Crippen LogP contribution in [0.25, 0.3) is 0 Å². The van der Waals surface area contributed by atoms with Gasteiger partial charge in [0.1, 0.15) is 11.6 Å². The van der Waals surface area contributed by atoms with E-state index in [4.69, 9.17) is 0 Å². The molecule has 3 nitrogen and oxygen atoms in total. The van der Waals surface area contributed by atoms with E-state index in [1.165, 1.54) is 12.1 Å². The van der Waals surface area contributed by atoms with Crippen LogP contribution in [-0.4, -0.2) is 17.8 Å². The fourth-order valence-electron chi connectivity index (χ4n) is 1.80. The Bertz CT molecular complexity index is 540. The molecule has 0 aliphatic rings. The highest BCUT2D eigenvalue weighted by Gasteiger charge is 2.12. The molecule has 2 aromatic rings. The van der Waals surface area contributed by atoms with Crippen molar-refractivity contribution in [3.05, 3.63) is 54.0 Å². The number of pyridine rings is 1. The Morgan fingerprint density at radius 1 is 1.28 bits per heavy atom. The van der Waals surface area contributed by atoms with Crippen molar-refractivity contribution in [1.29, 1.82) is 0 Å². The average Bonchev–Trinajstić information content (AvgIpc) is 2.42. The zero-order valence-electron chi connectivity index (χ0n) is 10.0. The standard InChI is InChI=1S/C14H13FN2O/c1-2-17(13-7-5-12(15)6-8-13)14-11(10-18)4-3-9-16-14/h3-10H,2H2,1H3. The summed E-state index contributed by atoms with van der Waals surface area (Å²) in [7, 11) is 0. The minimum absolute atomic E-state index is 0.286. The molecule has 0 aliphatic heterocycles. The molecule has 1 heterocycles. The summed E-state index contributed by atoms with van der Waals surface area (Å²) in [5, 5.41) is 0. The second kappa shape index (κ2) is 5.40. The molecule has 4 heteroatoms. The number of aldehydes is 1. The van der Waals surface area contributed by atoms with Crippen molar-refractivity contribution in [3.8, 4) is 0 Å². The smallest absolute Gasteiger partial charge is 0.153 e. The predicted molar refractivity (Wildman–Crippen MR) is 68.7 cm³/mol. The number of aromatic nitrogens is 1. The van der Waals surface area contributed by atoms with Crippen LogP contribution in [0, 0.1) is 5.82 Å².